The molecule has 0 saturated carbocycles. The van der Waals surface area contributed by atoms with Crippen molar-refractivity contribution in [1.29, 1.82) is 0 Å². The number of anilines is 1. The molecule has 0 saturated heterocycles. The van der Waals surface area contributed by atoms with Gasteiger partial charge in [0.2, 0.25) is 0 Å². The molecule has 2 aromatic carbocycles. The van der Waals surface area contributed by atoms with Crippen LogP contribution >= 0.6 is 0 Å². The molecule has 0 aliphatic carbocycles. The van der Waals surface area contributed by atoms with Crippen molar-refractivity contribution in [3.8, 4) is 0 Å². The van der Waals surface area contributed by atoms with Crippen molar-refractivity contribution in [2.75, 3.05) is 4.90 Å². The second kappa shape index (κ2) is 7.73. The Hall–Kier alpha value is -3.34. The Balaban J connectivity index is 1.59. The molecule has 4 rings (SSSR count). The molecule has 2 heterocycles. The number of nitrogens with zero attached hydrogens (tertiary/aromatic N) is 2. The molecule has 1 amide bonds. The van der Waals surface area contributed by atoms with Crippen molar-refractivity contribution < 1.29 is 9.21 Å². The van der Waals surface area contributed by atoms with Crippen molar-refractivity contribution in [1.82, 2.24) is 5.43 Å². The number of amides is 1. The Kier molecular flexibility index (Phi) is 5.21. The van der Waals surface area contributed by atoms with Crippen LogP contribution in [-0.2, 0) is 0 Å². The number of rotatable bonds is 4. The van der Waals surface area contributed by atoms with Gasteiger partial charge in [-0.3, -0.25) is 4.79 Å². The fraction of sp³-hybridized carbons (Fsp3) is 0.308. The smallest absolute Gasteiger partial charge is 0.307 e. The predicted octanol–water partition coefficient (Wildman–Crippen LogP) is 5.92. The van der Waals surface area contributed by atoms with Gasteiger partial charge in [0.05, 0.1) is 11.8 Å². The Morgan fingerprint density at radius 3 is 2.61 bits per heavy atom. The van der Waals surface area contributed by atoms with Crippen molar-refractivity contribution in [3.63, 3.8) is 0 Å². The van der Waals surface area contributed by atoms with Gasteiger partial charge in [0, 0.05) is 22.7 Å². The first-order valence-electron chi connectivity index (χ1n) is 10.6. The Bertz CT molecular complexity index is 1180. The summed E-state index contributed by atoms with van der Waals surface area (Å²) in [7, 11) is 0. The average molecular weight is 416 g/mol. The van der Waals surface area contributed by atoms with Crippen LogP contribution in [0.1, 0.15) is 61.9 Å². The van der Waals surface area contributed by atoms with Gasteiger partial charge in [-0.1, -0.05) is 24.3 Å². The lowest BCUT2D eigenvalue weighted by atomic mass is 9.86. The van der Waals surface area contributed by atoms with Gasteiger partial charge in [-0.2, -0.15) is 5.10 Å². The zero-order valence-electron chi connectivity index (χ0n) is 19.0. The van der Waals surface area contributed by atoms with Gasteiger partial charge in [0.1, 0.15) is 5.58 Å². The van der Waals surface area contributed by atoms with E-state index >= 15 is 0 Å². The number of para-hydroxylation sites is 1. The third-order valence-corrected chi connectivity index (χ3v) is 5.79. The minimum atomic E-state index is -0.369. The van der Waals surface area contributed by atoms with Crippen LogP contribution in [0, 0.1) is 6.92 Å². The van der Waals surface area contributed by atoms with E-state index in [1.54, 1.807) is 12.3 Å². The number of furan rings is 1. The van der Waals surface area contributed by atoms with Crippen LogP contribution in [0.5, 0.6) is 0 Å². The third-order valence-electron chi connectivity index (χ3n) is 5.79. The summed E-state index contributed by atoms with van der Waals surface area (Å²) in [6.07, 6.45) is 4.01. The lowest BCUT2D eigenvalue weighted by Crippen LogP contribution is -2.49. The first-order valence-corrected chi connectivity index (χ1v) is 10.6. The summed E-state index contributed by atoms with van der Waals surface area (Å²) in [5.74, 6) is -0.124. The van der Waals surface area contributed by atoms with Gasteiger partial charge < -0.3 is 9.32 Å². The topological polar surface area (TPSA) is 57.8 Å². The summed E-state index contributed by atoms with van der Waals surface area (Å²) < 4.78 is 5.60. The second-order valence-electron chi connectivity index (χ2n) is 9.02. The second-order valence-corrected chi connectivity index (χ2v) is 9.02. The number of fused-ring (bicyclic) bond motifs is 2. The van der Waals surface area contributed by atoms with Crippen LogP contribution in [0.25, 0.3) is 16.5 Å². The van der Waals surface area contributed by atoms with Crippen molar-refractivity contribution in [3.05, 3.63) is 71.0 Å². The van der Waals surface area contributed by atoms with Crippen molar-refractivity contribution in [2.24, 2.45) is 5.10 Å². The lowest BCUT2D eigenvalue weighted by Gasteiger charge is -2.46. The van der Waals surface area contributed by atoms with E-state index in [1.807, 2.05) is 24.3 Å². The molecule has 0 bridgehead atoms. The molecule has 1 aliphatic heterocycles. The minimum Gasteiger partial charge on any atom is -0.451 e. The maximum absolute atomic E-state index is 12.4. The summed E-state index contributed by atoms with van der Waals surface area (Å²) in [5.41, 5.74) is 8.98. The van der Waals surface area contributed by atoms with Gasteiger partial charge in [-0.25, -0.2) is 5.43 Å². The number of carbonyl (C=O) groups is 1. The first-order chi connectivity index (χ1) is 14.7. The third kappa shape index (κ3) is 3.88. The van der Waals surface area contributed by atoms with Crippen LogP contribution in [0.2, 0.25) is 0 Å². The number of hydrogen-bond donors (Lipinski definition) is 1. The highest BCUT2D eigenvalue weighted by atomic mass is 16.3. The number of carbonyl (C=O) groups excluding carboxylic acids is 1. The van der Waals surface area contributed by atoms with E-state index in [4.69, 9.17) is 4.42 Å². The van der Waals surface area contributed by atoms with Gasteiger partial charge in [0.15, 0.2) is 5.76 Å². The highest BCUT2D eigenvalue weighted by molar-refractivity contribution is 5.97. The molecule has 0 radical (unpaired) electrons. The minimum absolute atomic E-state index is 0.0478. The Labute approximate surface area is 183 Å². The summed E-state index contributed by atoms with van der Waals surface area (Å²) in [6, 6.07) is 14.0. The molecule has 0 fully saturated rings. The summed E-state index contributed by atoms with van der Waals surface area (Å²) in [4.78, 5) is 14.9. The number of hydrogen-bond acceptors (Lipinski definition) is 4. The summed E-state index contributed by atoms with van der Waals surface area (Å²) in [5, 5.41) is 5.08. The molecule has 5 nitrogen and oxygen atoms in total. The van der Waals surface area contributed by atoms with Crippen molar-refractivity contribution >= 4 is 34.4 Å². The molecule has 1 aromatic heterocycles. The maximum atomic E-state index is 12.4. The molecular weight excluding hydrogens is 386 g/mol. The van der Waals surface area contributed by atoms with E-state index in [0.717, 1.165) is 16.5 Å². The molecule has 1 aliphatic rings. The lowest BCUT2D eigenvalue weighted by molar-refractivity contribution is 0.0929. The normalized spacial score (nSPS) is 15.5. The monoisotopic (exact) mass is 415 g/mol. The number of hydrazone groups is 1. The largest absolute Gasteiger partial charge is 0.451 e. The Morgan fingerprint density at radius 2 is 1.90 bits per heavy atom. The van der Waals surface area contributed by atoms with E-state index in [-0.39, 0.29) is 17.2 Å². The molecule has 0 atom stereocenters. The molecule has 3 aromatic rings. The predicted molar refractivity (Wildman–Crippen MR) is 128 cm³/mol. The van der Waals surface area contributed by atoms with Gasteiger partial charge in [-0.15, -0.1) is 0 Å². The van der Waals surface area contributed by atoms with Crippen LogP contribution < -0.4 is 10.3 Å². The molecule has 0 spiro atoms. The van der Waals surface area contributed by atoms with Gasteiger partial charge in [-0.05, 0) is 82.5 Å². The Morgan fingerprint density at radius 1 is 1.16 bits per heavy atom. The zero-order chi connectivity index (χ0) is 22.3. The van der Waals surface area contributed by atoms with Crippen LogP contribution in [0.15, 0.2) is 58.1 Å². The van der Waals surface area contributed by atoms with E-state index in [2.05, 4.69) is 75.2 Å². The number of aryl methyl sites for hydroxylation is 1. The molecule has 0 unspecified atom stereocenters. The summed E-state index contributed by atoms with van der Waals surface area (Å²) >= 11 is 0. The van der Waals surface area contributed by atoms with Gasteiger partial charge in [0.25, 0.3) is 0 Å². The number of nitrogens with one attached hydrogen (secondary N) is 1. The quantitative estimate of drug-likeness (QED) is 0.425. The molecule has 31 heavy (non-hydrogen) atoms. The van der Waals surface area contributed by atoms with E-state index < -0.39 is 0 Å². The van der Waals surface area contributed by atoms with Crippen LogP contribution in [0.4, 0.5) is 5.69 Å². The number of allylic oxidation sites excluding steroid dienone is 1. The van der Waals surface area contributed by atoms with Crippen LogP contribution in [-0.4, -0.2) is 23.7 Å². The molecule has 160 valence electrons. The highest BCUT2D eigenvalue weighted by Crippen LogP contribution is 2.41. The molecule has 1 N–H and O–H groups in total. The van der Waals surface area contributed by atoms with Crippen molar-refractivity contribution in [2.45, 2.75) is 53.1 Å². The molecular formula is C26H29N3O2. The summed E-state index contributed by atoms with van der Waals surface area (Å²) in [6.45, 7) is 13.2. The van der Waals surface area contributed by atoms with E-state index in [9.17, 15) is 4.79 Å². The number of benzene rings is 2. The SMILES string of the molecule is CC1=CC(C)(C)N(C(C)C)c2cc(C)c(/C=N/NC(=O)c3cc4ccccc4o3)cc21. The first kappa shape index (κ1) is 20.9. The highest BCUT2D eigenvalue weighted by Gasteiger charge is 2.33. The standard InChI is InChI=1S/C26H29N3O2/c1-16(2)29-22-11-17(3)20(12-21(22)18(4)14-26(29,5)6)15-27-28-25(30)24-13-19-9-7-8-10-23(19)31-24/h7-16H,1-6H3,(H,28,30)/b27-15+. The fourth-order valence-electron chi connectivity index (χ4n) is 4.60. The van der Waals surface area contributed by atoms with Crippen LogP contribution in [0.3, 0.4) is 0 Å². The van der Waals surface area contributed by atoms with Gasteiger partial charge >= 0.3 is 5.91 Å². The fourth-order valence-corrected chi connectivity index (χ4v) is 4.60. The van der Waals surface area contributed by atoms with E-state index in [0.29, 0.717) is 11.6 Å². The molecule has 5 heteroatoms. The zero-order valence-corrected chi connectivity index (χ0v) is 19.0. The van der Waals surface area contributed by atoms with E-state index in [1.165, 1.54) is 16.8 Å². The average Bonchev–Trinajstić information content (AvgIpc) is 3.12. The maximum Gasteiger partial charge on any atom is 0.307 e.